The van der Waals surface area contributed by atoms with Crippen molar-refractivity contribution in [2.24, 2.45) is 0 Å². The van der Waals surface area contributed by atoms with Crippen LogP contribution in [0.1, 0.15) is 13.8 Å². The molecule has 0 saturated carbocycles. The van der Waals surface area contributed by atoms with Gasteiger partial charge in [0.1, 0.15) is 0 Å². The van der Waals surface area contributed by atoms with Gasteiger partial charge in [0, 0.05) is 7.11 Å². The van der Waals surface area contributed by atoms with E-state index in [4.69, 9.17) is 5.11 Å². The Hall–Kier alpha value is 0.726. The van der Waals surface area contributed by atoms with E-state index >= 15 is 0 Å². The molecule has 0 heterocycles. The molecule has 0 aromatic rings. The van der Waals surface area contributed by atoms with Crippen molar-refractivity contribution in [2.75, 3.05) is 7.11 Å². The van der Waals surface area contributed by atoms with Gasteiger partial charge in [0.05, 0.1) is 0 Å². The molecular weight excluding hydrogens is 100 g/mol. The van der Waals surface area contributed by atoms with Crippen LogP contribution in [0.3, 0.4) is 0 Å². The zero-order valence-corrected chi connectivity index (χ0v) is 6.98. The molecule has 1 nitrogen and oxygen atoms in total. The van der Waals surface area contributed by atoms with E-state index in [0.29, 0.717) is 0 Å². The molecule has 0 aromatic carbocycles. The summed E-state index contributed by atoms with van der Waals surface area (Å²) in [5.74, 6) is 0. The molecule has 7 heavy (non-hydrogen) atoms. The van der Waals surface area contributed by atoms with E-state index in [1.165, 1.54) is 0 Å². The van der Waals surface area contributed by atoms with Gasteiger partial charge in [-0.15, -0.1) is 0 Å². The van der Waals surface area contributed by atoms with Crippen LogP contribution in [-0.4, -0.2) is 35.3 Å². The molecule has 0 unspecified atom stereocenters. The Labute approximate surface area is 63.3 Å². The molecule has 0 amide bonds. The van der Waals surface area contributed by atoms with Crippen LogP contribution in [0.15, 0.2) is 0 Å². The predicted molar refractivity (Wildman–Crippen MR) is 36.0 cm³/mol. The third kappa shape index (κ3) is 285. The monoisotopic (exact) mass is 114 g/mol. The Kier molecular flexibility index (Phi) is 1500. The van der Waals surface area contributed by atoms with Gasteiger partial charge in [0.2, 0.25) is 0 Å². The first-order valence-electron chi connectivity index (χ1n) is 1.86. The Morgan fingerprint density at radius 2 is 0.857 bits per heavy atom. The summed E-state index contributed by atoms with van der Waals surface area (Å²) >= 11 is 0. The standard InChI is InChI=1S/2C2H5.CH4O.Mg/c3*1-2;/h2*1H2,2H3;2H,1H3;/q2*-1;;+2. The summed E-state index contributed by atoms with van der Waals surface area (Å²) in [6.45, 7) is 10.0. The molecule has 0 atom stereocenters. The van der Waals surface area contributed by atoms with E-state index in [2.05, 4.69) is 13.8 Å². The molecule has 0 saturated heterocycles. The molecule has 0 aliphatic heterocycles. The fourth-order valence-corrected chi connectivity index (χ4v) is 0. The van der Waals surface area contributed by atoms with Gasteiger partial charge in [-0.05, 0) is 0 Å². The maximum absolute atomic E-state index is 7.00. The minimum atomic E-state index is 0. The van der Waals surface area contributed by atoms with Gasteiger partial charge in [-0.2, -0.15) is 13.8 Å². The SMILES string of the molecule is CO.[CH2-]C.[CH2-]C.[Mg+2]. The van der Waals surface area contributed by atoms with Crippen molar-refractivity contribution in [1.29, 1.82) is 0 Å². The van der Waals surface area contributed by atoms with Gasteiger partial charge in [-0.3, -0.25) is 0 Å². The summed E-state index contributed by atoms with van der Waals surface area (Å²) in [5, 5.41) is 7.00. The van der Waals surface area contributed by atoms with Crippen LogP contribution in [0.5, 0.6) is 0 Å². The minimum absolute atomic E-state index is 0. The number of hydrogen-bond acceptors (Lipinski definition) is 1. The number of rotatable bonds is 0. The summed E-state index contributed by atoms with van der Waals surface area (Å²) < 4.78 is 0. The van der Waals surface area contributed by atoms with Crippen molar-refractivity contribution in [3.63, 3.8) is 0 Å². The van der Waals surface area contributed by atoms with E-state index in [0.717, 1.165) is 7.11 Å². The molecular formula is C5H14MgO. The van der Waals surface area contributed by atoms with Crippen molar-refractivity contribution >= 4 is 23.1 Å². The van der Waals surface area contributed by atoms with Crippen molar-refractivity contribution < 1.29 is 5.11 Å². The molecule has 2 heteroatoms. The van der Waals surface area contributed by atoms with Gasteiger partial charge in [0.15, 0.2) is 0 Å². The van der Waals surface area contributed by atoms with Gasteiger partial charge >= 0.3 is 23.1 Å². The van der Waals surface area contributed by atoms with Crippen LogP contribution in [0, 0.1) is 13.8 Å². The summed E-state index contributed by atoms with van der Waals surface area (Å²) in [6, 6.07) is 0. The summed E-state index contributed by atoms with van der Waals surface area (Å²) in [7, 11) is 1.00. The average molecular weight is 114 g/mol. The van der Waals surface area contributed by atoms with Crippen molar-refractivity contribution in [3.8, 4) is 0 Å². The normalized spacial score (nSPS) is 2.57. The number of aliphatic hydroxyl groups is 1. The molecule has 0 radical (unpaired) electrons. The summed E-state index contributed by atoms with van der Waals surface area (Å²) in [6.07, 6.45) is 0. The van der Waals surface area contributed by atoms with Crippen LogP contribution < -0.4 is 0 Å². The van der Waals surface area contributed by atoms with Crippen LogP contribution in [0.25, 0.3) is 0 Å². The maximum atomic E-state index is 7.00. The second kappa shape index (κ2) is 418. The third-order valence-electron chi connectivity index (χ3n) is 0. The van der Waals surface area contributed by atoms with E-state index in [9.17, 15) is 0 Å². The molecule has 42 valence electrons. The first kappa shape index (κ1) is 25.2. The zero-order chi connectivity index (χ0) is 6.00. The van der Waals surface area contributed by atoms with Crippen molar-refractivity contribution in [2.45, 2.75) is 13.8 Å². The second-order valence-electron chi connectivity index (χ2n) is 0. The first-order chi connectivity index (χ1) is 3.00. The van der Waals surface area contributed by atoms with Gasteiger partial charge in [0.25, 0.3) is 0 Å². The second-order valence-corrected chi connectivity index (χ2v) is 0. The van der Waals surface area contributed by atoms with Gasteiger partial charge in [-0.1, -0.05) is 0 Å². The van der Waals surface area contributed by atoms with Crippen molar-refractivity contribution in [3.05, 3.63) is 13.8 Å². The van der Waals surface area contributed by atoms with E-state index < -0.39 is 0 Å². The van der Waals surface area contributed by atoms with E-state index in [-0.39, 0.29) is 23.1 Å². The third-order valence-corrected chi connectivity index (χ3v) is 0. The van der Waals surface area contributed by atoms with Crippen LogP contribution in [0.4, 0.5) is 0 Å². The Bertz CT molecular complexity index is 8.04. The van der Waals surface area contributed by atoms with E-state index in [1.54, 1.807) is 13.8 Å². The zero-order valence-electron chi connectivity index (χ0n) is 5.57. The molecule has 0 aliphatic rings. The smallest absolute Gasteiger partial charge is 0.400 e. The molecule has 0 aliphatic carbocycles. The van der Waals surface area contributed by atoms with E-state index in [1.807, 2.05) is 0 Å². The molecule has 0 aromatic heterocycles. The number of aliphatic hydroxyl groups excluding tert-OH is 1. The maximum Gasteiger partial charge on any atom is 2.00 e. The molecule has 1 N–H and O–H groups in total. The minimum Gasteiger partial charge on any atom is -0.400 e. The Morgan fingerprint density at radius 3 is 0.857 bits per heavy atom. The van der Waals surface area contributed by atoms with Crippen LogP contribution >= 0.6 is 0 Å². The van der Waals surface area contributed by atoms with Gasteiger partial charge < -0.3 is 19.0 Å². The molecule has 0 bridgehead atoms. The topological polar surface area (TPSA) is 20.2 Å². The average Bonchev–Trinajstić information content (AvgIpc) is 1.81. The number of hydrogen-bond donors (Lipinski definition) is 1. The molecule has 0 rings (SSSR count). The van der Waals surface area contributed by atoms with Crippen molar-refractivity contribution in [1.82, 2.24) is 0 Å². The summed E-state index contributed by atoms with van der Waals surface area (Å²) in [4.78, 5) is 0. The first-order valence-corrected chi connectivity index (χ1v) is 1.86. The Balaban J connectivity index is -0.00000000900. The largest absolute Gasteiger partial charge is 2.00 e. The Morgan fingerprint density at radius 1 is 0.857 bits per heavy atom. The quantitative estimate of drug-likeness (QED) is 0.367. The van der Waals surface area contributed by atoms with Crippen LogP contribution in [0.2, 0.25) is 0 Å². The molecule has 0 fully saturated rings. The van der Waals surface area contributed by atoms with Gasteiger partial charge in [-0.25, -0.2) is 0 Å². The van der Waals surface area contributed by atoms with Crippen LogP contribution in [-0.2, 0) is 0 Å². The fourth-order valence-electron chi connectivity index (χ4n) is 0. The fraction of sp³-hybridized carbons (Fsp3) is 0.600. The summed E-state index contributed by atoms with van der Waals surface area (Å²) in [5.41, 5.74) is 0. The molecule has 0 spiro atoms. The predicted octanol–water partition coefficient (Wildman–Crippen LogP) is 0.908.